The molecule has 0 aliphatic carbocycles. The predicted molar refractivity (Wildman–Crippen MR) is 74.9 cm³/mol. The summed E-state index contributed by atoms with van der Waals surface area (Å²) < 4.78 is 11.1. The van der Waals surface area contributed by atoms with E-state index in [2.05, 4.69) is 20.6 Å². The molecule has 0 radical (unpaired) electrons. The monoisotopic (exact) mass is 287 g/mol. The van der Waals surface area contributed by atoms with Crippen LogP contribution < -0.4 is 10.6 Å². The van der Waals surface area contributed by atoms with E-state index in [-0.39, 0.29) is 17.5 Å². The molecule has 0 saturated heterocycles. The number of nitrogens with zero attached hydrogens (tertiary/aromatic N) is 3. The fourth-order valence-corrected chi connectivity index (χ4v) is 2.27. The first-order chi connectivity index (χ1) is 8.93. The van der Waals surface area contributed by atoms with Gasteiger partial charge in [0.1, 0.15) is 6.20 Å². The van der Waals surface area contributed by atoms with E-state index in [0.717, 1.165) is 6.20 Å². The van der Waals surface area contributed by atoms with Crippen molar-refractivity contribution in [1.29, 1.82) is 0 Å². The lowest BCUT2D eigenvalue weighted by Crippen LogP contribution is -2.23. The van der Waals surface area contributed by atoms with Gasteiger partial charge in [-0.2, -0.15) is 4.98 Å². The van der Waals surface area contributed by atoms with Gasteiger partial charge in [0, 0.05) is 35.4 Å². The maximum Gasteiger partial charge on any atom is 0.329 e. The summed E-state index contributed by atoms with van der Waals surface area (Å²) >= 11 is 0. The smallest absolute Gasteiger partial charge is 0.329 e. The van der Waals surface area contributed by atoms with Gasteiger partial charge in [0.25, 0.3) is 0 Å². The zero-order valence-corrected chi connectivity index (χ0v) is 11.9. The van der Waals surface area contributed by atoms with Crippen molar-refractivity contribution in [3.8, 4) is 0 Å². The molecule has 2 unspecified atom stereocenters. The van der Waals surface area contributed by atoms with E-state index < -0.39 is 15.7 Å². The first-order valence-corrected chi connectivity index (χ1v) is 7.48. The summed E-state index contributed by atoms with van der Waals surface area (Å²) in [4.78, 5) is 18.3. The van der Waals surface area contributed by atoms with Crippen LogP contribution in [0.5, 0.6) is 0 Å². The highest BCUT2D eigenvalue weighted by molar-refractivity contribution is 7.84. The molecule has 0 amide bonds. The van der Waals surface area contributed by atoms with Gasteiger partial charge in [-0.15, -0.1) is 0 Å². The third-order valence-electron chi connectivity index (χ3n) is 2.17. The molecule has 0 spiro atoms. The Morgan fingerprint density at radius 2 is 2.26 bits per heavy atom. The minimum absolute atomic E-state index is 0.133. The third kappa shape index (κ3) is 4.78. The molecule has 2 atom stereocenters. The van der Waals surface area contributed by atoms with Crippen molar-refractivity contribution in [2.75, 3.05) is 29.2 Å². The second kappa shape index (κ2) is 6.98. The quantitative estimate of drug-likeness (QED) is 0.568. The van der Waals surface area contributed by atoms with Gasteiger partial charge in [-0.3, -0.25) is 14.3 Å². The van der Waals surface area contributed by atoms with Gasteiger partial charge in [0.05, 0.1) is 4.92 Å². The molecule has 0 aromatic carbocycles. The third-order valence-corrected chi connectivity index (χ3v) is 3.14. The van der Waals surface area contributed by atoms with Crippen molar-refractivity contribution in [3.05, 3.63) is 16.3 Å². The van der Waals surface area contributed by atoms with Crippen molar-refractivity contribution >= 4 is 28.3 Å². The summed E-state index contributed by atoms with van der Waals surface area (Å²) in [7, 11) is -0.987. The summed E-state index contributed by atoms with van der Waals surface area (Å²) in [5.41, 5.74) is -0.199. The summed E-state index contributed by atoms with van der Waals surface area (Å²) in [6, 6.07) is -0.186. The predicted octanol–water partition coefficient (Wildman–Crippen LogP) is 0.995. The maximum atomic E-state index is 11.1. The molecule has 0 fully saturated rings. The van der Waals surface area contributed by atoms with E-state index >= 15 is 0 Å². The first-order valence-electron chi connectivity index (χ1n) is 5.75. The highest BCUT2D eigenvalue weighted by atomic mass is 32.2. The molecule has 0 bridgehead atoms. The van der Waals surface area contributed by atoms with Gasteiger partial charge in [0.2, 0.25) is 11.8 Å². The van der Waals surface area contributed by atoms with E-state index in [1.165, 1.54) is 0 Å². The molecule has 1 aromatic heterocycles. The molecular formula is C10H17N5O3S. The second-order valence-corrected chi connectivity index (χ2v) is 5.48. The fourth-order valence-electron chi connectivity index (χ4n) is 1.49. The number of hydrogen-bond acceptors (Lipinski definition) is 7. The lowest BCUT2D eigenvalue weighted by molar-refractivity contribution is -0.384. The SMILES string of the molecule is CCNc1ncc([N+](=O)[O-])c(NC(C)CS(C)=O)n1. The number of rotatable bonds is 7. The van der Waals surface area contributed by atoms with Crippen LogP contribution in [0, 0.1) is 10.1 Å². The van der Waals surface area contributed by atoms with Gasteiger partial charge in [-0.05, 0) is 13.8 Å². The molecule has 0 aliphatic heterocycles. The van der Waals surface area contributed by atoms with Crippen molar-refractivity contribution in [1.82, 2.24) is 9.97 Å². The summed E-state index contributed by atoms with van der Waals surface area (Å²) in [6.45, 7) is 4.28. The van der Waals surface area contributed by atoms with E-state index in [9.17, 15) is 14.3 Å². The number of nitrogens with one attached hydrogen (secondary N) is 2. The van der Waals surface area contributed by atoms with Crippen molar-refractivity contribution in [2.45, 2.75) is 19.9 Å². The van der Waals surface area contributed by atoms with Crippen LogP contribution in [0.1, 0.15) is 13.8 Å². The molecule has 0 saturated carbocycles. The van der Waals surface area contributed by atoms with Gasteiger partial charge in [0.15, 0.2) is 0 Å². The number of hydrogen-bond donors (Lipinski definition) is 2. The molecule has 0 aliphatic rings. The van der Waals surface area contributed by atoms with Gasteiger partial charge < -0.3 is 10.6 Å². The second-order valence-electron chi connectivity index (χ2n) is 4.00. The van der Waals surface area contributed by atoms with Crippen LogP contribution in [0.4, 0.5) is 17.5 Å². The Morgan fingerprint density at radius 3 is 2.79 bits per heavy atom. The average Bonchev–Trinajstić information content (AvgIpc) is 2.27. The van der Waals surface area contributed by atoms with E-state index in [1.807, 2.05) is 6.92 Å². The van der Waals surface area contributed by atoms with Crippen LogP contribution in [0.2, 0.25) is 0 Å². The highest BCUT2D eigenvalue weighted by Gasteiger charge is 2.19. The molecule has 1 aromatic rings. The van der Waals surface area contributed by atoms with Crippen molar-refractivity contribution in [3.63, 3.8) is 0 Å². The molecule has 8 nitrogen and oxygen atoms in total. The number of nitro groups is 1. The van der Waals surface area contributed by atoms with E-state index in [0.29, 0.717) is 18.2 Å². The Hall–Kier alpha value is -1.77. The van der Waals surface area contributed by atoms with Crippen LogP contribution >= 0.6 is 0 Å². The zero-order valence-electron chi connectivity index (χ0n) is 11.0. The van der Waals surface area contributed by atoms with Gasteiger partial charge in [-0.25, -0.2) is 4.98 Å². The fraction of sp³-hybridized carbons (Fsp3) is 0.600. The zero-order chi connectivity index (χ0) is 14.4. The Labute approximate surface area is 113 Å². The normalized spacial score (nSPS) is 13.6. The number of anilines is 2. The molecule has 19 heavy (non-hydrogen) atoms. The topological polar surface area (TPSA) is 110 Å². The molecule has 1 heterocycles. The van der Waals surface area contributed by atoms with Crippen molar-refractivity contribution in [2.24, 2.45) is 0 Å². The lowest BCUT2D eigenvalue weighted by atomic mass is 10.3. The lowest BCUT2D eigenvalue weighted by Gasteiger charge is -2.13. The van der Waals surface area contributed by atoms with Gasteiger partial charge >= 0.3 is 5.69 Å². The summed E-state index contributed by atoms with van der Waals surface area (Å²) in [6.07, 6.45) is 2.74. The van der Waals surface area contributed by atoms with Crippen LogP contribution in [-0.2, 0) is 10.8 Å². The first kappa shape index (κ1) is 15.3. The van der Waals surface area contributed by atoms with Crippen LogP contribution in [0.15, 0.2) is 6.20 Å². The molecule has 9 heteroatoms. The molecule has 106 valence electrons. The minimum Gasteiger partial charge on any atom is -0.361 e. The van der Waals surface area contributed by atoms with Crippen LogP contribution in [-0.4, -0.2) is 43.7 Å². The highest BCUT2D eigenvalue weighted by Crippen LogP contribution is 2.22. The average molecular weight is 287 g/mol. The van der Waals surface area contributed by atoms with Crippen LogP contribution in [0.25, 0.3) is 0 Å². The van der Waals surface area contributed by atoms with E-state index in [1.54, 1.807) is 13.2 Å². The molecule has 2 N–H and O–H groups in total. The number of aromatic nitrogens is 2. The summed E-state index contributed by atoms with van der Waals surface area (Å²) in [5, 5.41) is 16.7. The summed E-state index contributed by atoms with van der Waals surface area (Å²) in [5.74, 6) is 0.840. The maximum absolute atomic E-state index is 11.1. The van der Waals surface area contributed by atoms with Gasteiger partial charge in [-0.1, -0.05) is 0 Å². The Morgan fingerprint density at radius 1 is 1.58 bits per heavy atom. The Kier molecular flexibility index (Phi) is 5.61. The Balaban J connectivity index is 2.96. The minimum atomic E-state index is -0.987. The van der Waals surface area contributed by atoms with E-state index in [4.69, 9.17) is 0 Å². The standard InChI is InChI=1S/C10H17N5O3S/c1-4-11-10-12-5-8(15(16)17)9(14-10)13-7(2)6-19(3)18/h5,7H,4,6H2,1-3H3,(H2,11,12,13,14). The van der Waals surface area contributed by atoms with Crippen LogP contribution in [0.3, 0.4) is 0 Å². The largest absolute Gasteiger partial charge is 0.361 e. The molecular weight excluding hydrogens is 270 g/mol. The Bertz CT molecular complexity index is 482. The molecule has 1 rings (SSSR count). The van der Waals surface area contributed by atoms with Crippen molar-refractivity contribution < 1.29 is 9.13 Å².